The number of nitrogens with zero attached hydrogens (tertiary/aromatic N) is 2. The summed E-state index contributed by atoms with van der Waals surface area (Å²) < 4.78 is 27.3. The van der Waals surface area contributed by atoms with Gasteiger partial charge in [0.2, 0.25) is 0 Å². The Labute approximate surface area is 118 Å². The van der Waals surface area contributed by atoms with Crippen molar-refractivity contribution in [2.24, 2.45) is 0 Å². The standard InChI is InChI=1S/C11H20N4O2S2/c1-8(15-5-3-4-6-15)7-13-11-9(19(2,16)17)10(12)14-18-11/h8,13H,3-7H2,1-2H3,(H2,12,14). The maximum absolute atomic E-state index is 11.7. The molecule has 0 amide bonds. The Hall–Kier alpha value is -0.860. The normalized spacial score (nSPS) is 18.6. The van der Waals surface area contributed by atoms with Crippen molar-refractivity contribution in [2.75, 3.05) is 36.9 Å². The fourth-order valence-electron chi connectivity index (χ4n) is 2.32. The quantitative estimate of drug-likeness (QED) is 0.844. The average Bonchev–Trinajstić information content (AvgIpc) is 2.93. The molecule has 19 heavy (non-hydrogen) atoms. The molecule has 0 saturated carbocycles. The molecule has 0 aromatic carbocycles. The lowest BCUT2D eigenvalue weighted by molar-refractivity contribution is 0.269. The Balaban J connectivity index is 2.04. The Morgan fingerprint density at radius 1 is 1.47 bits per heavy atom. The third kappa shape index (κ3) is 3.37. The van der Waals surface area contributed by atoms with Crippen LogP contribution in [0.2, 0.25) is 0 Å². The van der Waals surface area contributed by atoms with Gasteiger partial charge in [0.25, 0.3) is 0 Å². The van der Waals surface area contributed by atoms with Gasteiger partial charge in [-0.15, -0.1) is 0 Å². The van der Waals surface area contributed by atoms with Crippen molar-refractivity contribution < 1.29 is 8.42 Å². The molecule has 8 heteroatoms. The summed E-state index contributed by atoms with van der Waals surface area (Å²) in [6, 6.07) is 0.373. The van der Waals surface area contributed by atoms with Crippen LogP contribution in [0.25, 0.3) is 0 Å². The van der Waals surface area contributed by atoms with Crippen molar-refractivity contribution in [3.63, 3.8) is 0 Å². The van der Waals surface area contributed by atoms with E-state index in [4.69, 9.17) is 5.73 Å². The van der Waals surface area contributed by atoms with Gasteiger partial charge in [0.15, 0.2) is 15.7 Å². The summed E-state index contributed by atoms with van der Waals surface area (Å²) in [6.07, 6.45) is 3.64. The van der Waals surface area contributed by atoms with E-state index in [0.717, 1.165) is 30.9 Å². The van der Waals surface area contributed by atoms with Crippen LogP contribution in [-0.4, -0.2) is 49.6 Å². The van der Waals surface area contributed by atoms with E-state index in [-0.39, 0.29) is 10.7 Å². The highest BCUT2D eigenvalue weighted by molar-refractivity contribution is 7.91. The molecule has 0 spiro atoms. The topological polar surface area (TPSA) is 88.3 Å². The van der Waals surface area contributed by atoms with Gasteiger partial charge in [0, 0.05) is 18.8 Å². The number of hydrogen-bond acceptors (Lipinski definition) is 7. The largest absolute Gasteiger partial charge is 0.382 e. The zero-order valence-electron chi connectivity index (χ0n) is 11.2. The van der Waals surface area contributed by atoms with Gasteiger partial charge in [-0.25, -0.2) is 8.42 Å². The summed E-state index contributed by atoms with van der Waals surface area (Å²) in [4.78, 5) is 2.53. The predicted octanol–water partition coefficient (Wildman–Crippen LogP) is 1.02. The van der Waals surface area contributed by atoms with Crippen LogP contribution < -0.4 is 11.1 Å². The molecule has 1 aromatic heterocycles. The van der Waals surface area contributed by atoms with Crippen LogP contribution in [0.4, 0.5) is 10.8 Å². The Bertz CT molecular complexity index is 535. The first kappa shape index (κ1) is 14.5. The monoisotopic (exact) mass is 304 g/mol. The number of rotatable bonds is 5. The fraction of sp³-hybridized carbons (Fsp3) is 0.727. The van der Waals surface area contributed by atoms with E-state index in [1.165, 1.54) is 12.8 Å². The Morgan fingerprint density at radius 3 is 2.68 bits per heavy atom. The highest BCUT2D eigenvalue weighted by atomic mass is 32.2. The van der Waals surface area contributed by atoms with E-state index in [1.54, 1.807) is 0 Å². The molecule has 1 aliphatic rings. The zero-order valence-corrected chi connectivity index (χ0v) is 12.9. The minimum Gasteiger partial charge on any atom is -0.382 e. The van der Waals surface area contributed by atoms with Gasteiger partial charge in [0.1, 0.15) is 9.90 Å². The van der Waals surface area contributed by atoms with Crippen LogP contribution in [0, 0.1) is 0 Å². The van der Waals surface area contributed by atoms with Gasteiger partial charge in [-0.3, -0.25) is 4.90 Å². The first-order valence-electron chi connectivity index (χ1n) is 6.32. The van der Waals surface area contributed by atoms with E-state index >= 15 is 0 Å². The van der Waals surface area contributed by atoms with Crippen LogP contribution >= 0.6 is 11.5 Å². The molecule has 3 N–H and O–H groups in total. The van der Waals surface area contributed by atoms with Crippen molar-refractivity contribution in [1.82, 2.24) is 9.27 Å². The first-order chi connectivity index (χ1) is 8.89. The second kappa shape index (κ2) is 5.64. The van der Waals surface area contributed by atoms with Gasteiger partial charge in [0.05, 0.1) is 0 Å². The molecule has 6 nitrogen and oxygen atoms in total. The lowest BCUT2D eigenvalue weighted by Crippen LogP contribution is -2.35. The summed E-state index contributed by atoms with van der Waals surface area (Å²) in [6.45, 7) is 5.08. The molecule has 1 aliphatic heterocycles. The smallest absolute Gasteiger partial charge is 0.182 e. The summed E-state index contributed by atoms with van der Waals surface area (Å²) >= 11 is 1.10. The highest BCUT2D eigenvalue weighted by Gasteiger charge is 2.23. The Morgan fingerprint density at radius 2 is 2.11 bits per heavy atom. The molecular weight excluding hydrogens is 284 g/mol. The molecule has 108 valence electrons. The lowest BCUT2D eigenvalue weighted by Gasteiger charge is -2.24. The van der Waals surface area contributed by atoms with Crippen LogP contribution in [0.15, 0.2) is 4.90 Å². The number of nitrogen functional groups attached to an aromatic ring is 1. The van der Waals surface area contributed by atoms with Gasteiger partial charge in [-0.2, -0.15) is 4.37 Å². The summed E-state index contributed by atoms with van der Waals surface area (Å²) in [5.41, 5.74) is 5.63. The highest BCUT2D eigenvalue weighted by Crippen LogP contribution is 2.31. The number of aromatic nitrogens is 1. The van der Waals surface area contributed by atoms with Crippen molar-refractivity contribution in [1.29, 1.82) is 0 Å². The second-order valence-electron chi connectivity index (χ2n) is 4.97. The predicted molar refractivity (Wildman–Crippen MR) is 78.4 cm³/mol. The molecular formula is C11H20N4O2S2. The molecule has 0 aliphatic carbocycles. The molecule has 1 aromatic rings. The number of likely N-dealkylation sites (tertiary alicyclic amines) is 1. The average molecular weight is 304 g/mol. The second-order valence-corrected chi connectivity index (χ2v) is 7.70. The van der Waals surface area contributed by atoms with E-state index in [2.05, 4.69) is 21.5 Å². The van der Waals surface area contributed by atoms with Gasteiger partial charge in [-0.1, -0.05) is 0 Å². The van der Waals surface area contributed by atoms with E-state index in [1.807, 2.05) is 0 Å². The molecule has 1 saturated heterocycles. The SMILES string of the molecule is CC(CNc1snc(N)c1S(C)(=O)=O)N1CCCC1. The van der Waals surface area contributed by atoms with E-state index < -0.39 is 9.84 Å². The molecule has 2 heterocycles. The van der Waals surface area contributed by atoms with Crippen molar-refractivity contribution in [3.8, 4) is 0 Å². The van der Waals surface area contributed by atoms with Crippen LogP contribution in [0.1, 0.15) is 19.8 Å². The lowest BCUT2D eigenvalue weighted by atomic mass is 10.3. The fourth-order valence-corrected chi connectivity index (χ4v) is 4.39. The Kier molecular flexibility index (Phi) is 4.32. The maximum Gasteiger partial charge on any atom is 0.182 e. The number of hydrogen-bond donors (Lipinski definition) is 2. The minimum absolute atomic E-state index is 0.0869. The van der Waals surface area contributed by atoms with E-state index in [9.17, 15) is 8.42 Å². The molecule has 0 bridgehead atoms. The molecule has 0 radical (unpaired) electrons. The van der Waals surface area contributed by atoms with Crippen molar-refractivity contribution in [2.45, 2.75) is 30.7 Å². The zero-order chi connectivity index (χ0) is 14.0. The van der Waals surface area contributed by atoms with Gasteiger partial charge >= 0.3 is 0 Å². The summed E-state index contributed by atoms with van der Waals surface area (Å²) in [5.74, 6) is 0.0869. The third-order valence-corrected chi connectivity index (χ3v) is 5.47. The first-order valence-corrected chi connectivity index (χ1v) is 8.99. The molecule has 1 unspecified atom stereocenters. The molecule has 1 atom stereocenters. The number of sulfone groups is 1. The number of anilines is 2. The van der Waals surface area contributed by atoms with Crippen molar-refractivity contribution in [3.05, 3.63) is 0 Å². The van der Waals surface area contributed by atoms with Gasteiger partial charge in [-0.05, 0) is 44.4 Å². The van der Waals surface area contributed by atoms with E-state index in [0.29, 0.717) is 17.6 Å². The number of nitrogens with one attached hydrogen (secondary N) is 1. The molecule has 2 rings (SSSR count). The maximum atomic E-state index is 11.7. The summed E-state index contributed by atoms with van der Waals surface area (Å²) in [7, 11) is -3.34. The molecule has 1 fully saturated rings. The minimum atomic E-state index is -3.34. The number of nitrogens with two attached hydrogens (primary N) is 1. The van der Waals surface area contributed by atoms with Crippen LogP contribution in [0.5, 0.6) is 0 Å². The summed E-state index contributed by atoms with van der Waals surface area (Å²) in [5, 5.41) is 3.72. The third-order valence-electron chi connectivity index (χ3n) is 3.37. The van der Waals surface area contributed by atoms with Crippen LogP contribution in [-0.2, 0) is 9.84 Å². The van der Waals surface area contributed by atoms with Gasteiger partial charge < -0.3 is 11.1 Å². The van der Waals surface area contributed by atoms with Crippen LogP contribution in [0.3, 0.4) is 0 Å². The van der Waals surface area contributed by atoms with Crippen molar-refractivity contribution >= 4 is 32.2 Å².